The van der Waals surface area contributed by atoms with Crippen molar-refractivity contribution >= 4 is 6.09 Å². The Morgan fingerprint density at radius 3 is 1.69 bits per heavy atom. The van der Waals surface area contributed by atoms with Gasteiger partial charge in [0.05, 0.1) is 25.4 Å². The van der Waals surface area contributed by atoms with Gasteiger partial charge >= 0.3 is 29.8 Å². The van der Waals surface area contributed by atoms with Crippen molar-refractivity contribution in [3.63, 3.8) is 0 Å². The zero-order valence-electron chi connectivity index (χ0n) is 29.1. The number of unbranched alkanes of at least 4 members (excludes halogenated alkanes) is 7. The number of hydrogen-bond donors (Lipinski definition) is 4. The second-order valence-corrected chi connectivity index (χ2v) is 13.3. The van der Waals surface area contributed by atoms with E-state index >= 15 is 0 Å². The molecule has 2 heterocycles. The second kappa shape index (κ2) is 18.0. The first kappa shape index (κ1) is 42.2. The van der Waals surface area contributed by atoms with Gasteiger partial charge in [-0.3, -0.25) is 0 Å². The van der Waals surface area contributed by atoms with Crippen LogP contribution in [0.15, 0.2) is 81.1 Å². The predicted molar refractivity (Wildman–Crippen MR) is 178 cm³/mol. The van der Waals surface area contributed by atoms with Crippen molar-refractivity contribution in [1.82, 2.24) is 5.32 Å². The van der Waals surface area contributed by atoms with Crippen LogP contribution < -0.4 is 10.1 Å². The number of nitrogens with one attached hydrogen (secondary N) is 1. The third kappa shape index (κ3) is 12.5. The second-order valence-electron chi connectivity index (χ2n) is 13.3. The molecule has 0 spiro atoms. The number of hydrogen-bond acceptors (Lipinski definition) is 10. The minimum Gasteiger partial charge on any atom is -0.508 e. The predicted octanol–water partition coefficient (Wildman–Crippen LogP) is 8.74. The number of aromatic hydroxyl groups is 1. The van der Waals surface area contributed by atoms with Gasteiger partial charge in [-0.25, -0.2) is 4.79 Å². The van der Waals surface area contributed by atoms with Crippen molar-refractivity contribution in [2.24, 2.45) is 20.5 Å². The molecule has 4 N–H and O–H groups in total. The summed E-state index contributed by atoms with van der Waals surface area (Å²) in [4.78, 5) is 11.8. The molecule has 0 unspecified atom stereocenters. The van der Waals surface area contributed by atoms with Gasteiger partial charge in [0, 0.05) is 11.1 Å². The smallest absolute Gasteiger partial charge is 0.442 e. The van der Waals surface area contributed by atoms with Crippen LogP contribution in [0.1, 0.15) is 83.3 Å². The van der Waals surface area contributed by atoms with Gasteiger partial charge in [-0.15, -0.1) is 20.5 Å². The number of alkyl halides is 6. The molecule has 2 aromatic rings. The molecule has 0 saturated heterocycles. The minimum atomic E-state index is -4.53. The molecule has 52 heavy (non-hydrogen) atoms. The molecule has 0 fully saturated rings. The van der Waals surface area contributed by atoms with E-state index in [1.54, 1.807) is 26.8 Å². The van der Waals surface area contributed by atoms with Crippen molar-refractivity contribution in [2.45, 2.75) is 114 Å². The molecular weight excluding hydrogens is 700 g/mol. The zero-order valence-corrected chi connectivity index (χ0v) is 29.1. The summed E-state index contributed by atoms with van der Waals surface area (Å²) in [6, 6.07) is 9.56. The van der Waals surface area contributed by atoms with Crippen molar-refractivity contribution in [3.05, 3.63) is 71.8 Å². The first-order chi connectivity index (χ1) is 24.3. The van der Waals surface area contributed by atoms with Crippen LogP contribution in [0.4, 0.5) is 31.1 Å². The summed E-state index contributed by atoms with van der Waals surface area (Å²) in [6.45, 7) is 5.30. The number of nitrogens with zero attached hydrogens (tertiary/aromatic N) is 4. The molecule has 1 amide bonds. The Hall–Kier alpha value is -4.25. The Kier molecular flexibility index (Phi) is 14.6. The number of rotatable bonds is 17. The number of alkyl carbamates (subject to hydrolysis) is 1. The lowest BCUT2D eigenvalue weighted by Crippen LogP contribution is -2.47. The van der Waals surface area contributed by atoms with Crippen molar-refractivity contribution < 1.29 is 55.9 Å². The number of carbonyl (C=O) groups is 1. The van der Waals surface area contributed by atoms with E-state index in [9.17, 15) is 41.4 Å². The number of phenols is 1. The Morgan fingerprint density at radius 2 is 1.25 bits per heavy atom. The molecule has 2 aliphatic heterocycles. The molecule has 2 atom stereocenters. The number of amides is 1. The lowest BCUT2D eigenvalue weighted by molar-refractivity contribution is -0.166. The third-order valence-electron chi connectivity index (χ3n) is 7.85. The lowest BCUT2D eigenvalue weighted by atomic mass is 10.0. The minimum absolute atomic E-state index is 0.00595. The van der Waals surface area contributed by atoms with Crippen LogP contribution in [0.5, 0.6) is 11.5 Å². The fourth-order valence-electron chi connectivity index (χ4n) is 4.87. The highest BCUT2D eigenvalue weighted by Gasteiger charge is 2.65. The third-order valence-corrected chi connectivity index (χ3v) is 7.85. The summed E-state index contributed by atoms with van der Waals surface area (Å²) in [5.74, 6) is 0.433. The highest BCUT2D eigenvalue weighted by molar-refractivity contribution is 5.68. The van der Waals surface area contributed by atoms with Crippen LogP contribution >= 0.6 is 0 Å². The summed E-state index contributed by atoms with van der Waals surface area (Å²) >= 11 is 0. The van der Waals surface area contributed by atoms with Gasteiger partial charge in [0.25, 0.3) is 0 Å². The Balaban J connectivity index is 0.000000429. The fraction of sp³-hybridized carbons (Fsp3) is 0.571. The molecule has 11 nitrogen and oxygen atoms in total. The maximum atomic E-state index is 13.0. The molecule has 288 valence electrons. The summed E-state index contributed by atoms with van der Waals surface area (Å²) in [5, 5.41) is 43.4. The molecule has 0 bridgehead atoms. The van der Waals surface area contributed by atoms with E-state index in [0.717, 1.165) is 63.5 Å². The molecule has 0 radical (unpaired) electrons. The highest BCUT2D eigenvalue weighted by atomic mass is 19.4. The van der Waals surface area contributed by atoms with E-state index in [2.05, 4.69) is 25.8 Å². The van der Waals surface area contributed by atoms with Crippen LogP contribution in [-0.4, -0.2) is 64.7 Å². The normalized spacial score (nSPS) is 16.8. The molecule has 2 aliphatic rings. The molecule has 2 aromatic carbocycles. The van der Waals surface area contributed by atoms with E-state index < -0.39 is 54.1 Å². The maximum absolute atomic E-state index is 13.0. The van der Waals surface area contributed by atoms with E-state index in [0.29, 0.717) is 12.4 Å². The van der Waals surface area contributed by atoms with Gasteiger partial charge in [-0.2, -0.15) is 26.3 Å². The van der Waals surface area contributed by atoms with E-state index in [1.807, 2.05) is 6.08 Å². The molecule has 0 aromatic heterocycles. The monoisotopic (exact) mass is 745 g/mol. The number of halogens is 6. The summed E-state index contributed by atoms with van der Waals surface area (Å²) in [7, 11) is 0. The van der Waals surface area contributed by atoms with Gasteiger partial charge in [0.1, 0.15) is 17.1 Å². The van der Waals surface area contributed by atoms with E-state index in [-0.39, 0.29) is 16.9 Å². The largest absolute Gasteiger partial charge is 0.508 e. The first-order valence-corrected chi connectivity index (χ1v) is 16.8. The lowest BCUT2D eigenvalue weighted by Gasteiger charge is -2.24. The summed E-state index contributed by atoms with van der Waals surface area (Å²) < 4.78 is 87.1. The maximum Gasteiger partial charge on any atom is 0.442 e. The van der Waals surface area contributed by atoms with Crippen LogP contribution in [0, 0.1) is 0 Å². The van der Waals surface area contributed by atoms with Gasteiger partial charge in [0.2, 0.25) is 0 Å². The average Bonchev–Trinajstić information content (AvgIpc) is 3.98. The van der Waals surface area contributed by atoms with Crippen LogP contribution in [0.25, 0.3) is 0 Å². The quantitative estimate of drug-likeness (QED) is 0.0721. The first-order valence-electron chi connectivity index (χ1n) is 16.8. The van der Waals surface area contributed by atoms with Gasteiger partial charge in [-0.1, -0.05) is 68.5 Å². The number of ether oxygens (including phenoxy) is 2. The van der Waals surface area contributed by atoms with Crippen molar-refractivity contribution in [2.75, 3.05) is 13.2 Å². The fourth-order valence-corrected chi connectivity index (χ4v) is 4.87. The summed E-state index contributed by atoms with van der Waals surface area (Å²) in [5.41, 5.74) is -5.53. The average molecular weight is 746 g/mol. The SMILES string of the molecule is CC(C)(C)OC(=O)N[C@@H](CO)[C@H](O)/C=C\CCCCCCCCCOc1ccc(C2(C(F)(F)F)N=N2)cc1.Oc1ccc(C2(C(F)(F)F)N=N2)cc1. The Labute approximate surface area is 297 Å². The van der Waals surface area contributed by atoms with Gasteiger partial charge < -0.3 is 30.1 Å². The Morgan fingerprint density at radius 1 is 0.788 bits per heavy atom. The van der Waals surface area contributed by atoms with Crippen molar-refractivity contribution in [3.8, 4) is 11.5 Å². The Bertz CT molecular complexity index is 1500. The number of aliphatic hydroxyl groups excluding tert-OH is 2. The molecule has 0 aliphatic carbocycles. The number of carbonyl (C=O) groups excluding carboxylic acids is 1. The van der Waals surface area contributed by atoms with E-state index in [1.165, 1.54) is 36.4 Å². The molecule has 17 heteroatoms. The van der Waals surface area contributed by atoms with Crippen LogP contribution in [0.2, 0.25) is 0 Å². The number of allylic oxidation sites excluding steroid dienone is 1. The molecule has 0 saturated carbocycles. The highest BCUT2D eigenvalue weighted by Crippen LogP contribution is 2.53. The summed E-state index contributed by atoms with van der Waals surface area (Å²) in [6.07, 6.45) is 0.657. The van der Waals surface area contributed by atoms with E-state index in [4.69, 9.17) is 14.6 Å². The van der Waals surface area contributed by atoms with Crippen molar-refractivity contribution in [1.29, 1.82) is 0 Å². The molecular formula is C35H45F6N5O6. The number of benzene rings is 2. The topological polar surface area (TPSA) is 158 Å². The van der Waals surface area contributed by atoms with Crippen LogP contribution in [-0.2, 0) is 16.1 Å². The number of aliphatic hydroxyl groups is 2. The van der Waals surface area contributed by atoms with Crippen LogP contribution in [0.3, 0.4) is 0 Å². The number of phenolic OH excluding ortho intramolecular Hbond substituents is 1. The van der Waals surface area contributed by atoms with Gasteiger partial charge in [0.15, 0.2) is 0 Å². The van der Waals surface area contributed by atoms with Gasteiger partial charge in [-0.05, 0) is 64.3 Å². The zero-order chi connectivity index (χ0) is 38.6. The molecule has 4 rings (SSSR count). The standard InChI is InChI=1S/C27H40F3N3O5.C8H5F3N2O/c1-25(2,3)38-24(36)31-22(19-34)23(35)13-11-9-7-5-4-6-8-10-12-18-37-21-16-14-20(15-17-21)26(32-33-26)27(28,29)30;9-8(10,11)7(12-13-7)5-1-3-6(14)4-2-5/h11,13-17,22-23,34-35H,4-10,12,18-19H2,1-3H3,(H,31,36);1-4,14H/b13-11-;/t22-,23+;/m0./s1.